The maximum atomic E-state index is 6.30. The van der Waals surface area contributed by atoms with Crippen LogP contribution in [0.1, 0.15) is 40.0 Å². The van der Waals surface area contributed by atoms with Crippen LogP contribution in [0.4, 0.5) is 0 Å². The van der Waals surface area contributed by atoms with Crippen molar-refractivity contribution in [3.8, 4) is 0 Å². The molecule has 0 N–H and O–H groups in total. The largest absolute Gasteiger partial charge is 0.360 e. The molecular weight excluding hydrogens is 184 g/mol. The Kier molecular flexibility index (Phi) is 2.54. The molecule has 0 saturated carbocycles. The van der Waals surface area contributed by atoms with Gasteiger partial charge < -0.3 is 4.74 Å². The minimum absolute atomic E-state index is 0.0133. The third-order valence-corrected chi connectivity index (χ3v) is 4.40. The van der Waals surface area contributed by atoms with Gasteiger partial charge in [-0.1, -0.05) is 32.1 Å². The number of hydrogen-bond acceptors (Lipinski definition) is 1. The zero-order chi connectivity index (χ0) is 11.1. The third kappa shape index (κ3) is 1.67. The van der Waals surface area contributed by atoms with Crippen LogP contribution in [-0.4, -0.2) is 11.2 Å². The fourth-order valence-corrected chi connectivity index (χ4v) is 2.88. The number of rotatable bonds is 1. The number of ether oxygens (including phenoxy) is 1. The molecule has 0 aromatic rings. The molecule has 4 atom stereocenters. The van der Waals surface area contributed by atoms with Crippen molar-refractivity contribution in [3.63, 3.8) is 0 Å². The molecule has 1 nitrogen and oxygen atoms in total. The molecule has 84 valence electrons. The minimum atomic E-state index is -0.115. The molecule has 2 rings (SSSR count). The van der Waals surface area contributed by atoms with Gasteiger partial charge in [-0.3, -0.25) is 0 Å². The molecule has 1 aliphatic carbocycles. The summed E-state index contributed by atoms with van der Waals surface area (Å²) in [6, 6.07) is 0. The van der Waals surface area contributed by atoms with Gasteiger partial charge in [0.2, 0.25) is 0 Å². The van der Waals surface area contributed by atoms with Crippen molar-refractivity contribution >= 4 is 0 Å². The molecule has 1 heteroatoms. The van der Waals surface area contributed by atoms with Crippen LogP contribution in [0.15, 0.2) is 24.8 Å². The fourth-order valence-electron chi connectivity index (χ4n) is 2.88. The molecule has 1 fully saturated rings. The fraction of sp³-hybridized carbons (Fsp3) is 0.714. The van der Waals surface area contributed by atoms with E-state index in [0.29, 0.717) is 5.92 Å². The number of allylic oxidation sites excluding steroid dienone is 1. The van der Waals surface area contributed by atoms with E-state index in [1.165, 1.54) is 6.42 Å². The first-order valence-electron chi connectivity index (χ1n) is 6.03. The molecule has 2 aliphatic rings. The average Bonchev–Trinajstić information content (AvgIpc) is 2.55. The Balaban J connectivity index is 2.25. The van der Waals surface area contributed by atoms with Gasteiger partial charge in [0.15, 0.2) is 0 Å². The second-order valence-corrected chi connectivity index (χ2v) is 5.48. The van der Waals surface area contributed by atoms with E-state index in [4.69, 9.17) is 4.74 Å². The van der Waals surface area contributed by atoms with Gasteiger partial charge in [-0.2, -0.15) is 0 Å². The molecule has 0 unspecified atom stereocenters. The molecule has 1 saturated heterocycles. The van der Waals surface area contributed by atoms with Crippen LogP contribution in [-0.2, 0) is 4.74 Å². The predicted octanol–water partition coefficient (Wildman–Crippen LogP) is 3.71. The molecule has 0 amide bonds. The summed E-state index contributed by atoms with van der Waals surface area (Å²) in [7, 11) is 0. The second kappa shape index (κ2) is 3.48. The van der Waals surface area contributed by atoms with Crippen molar-refractivity contribution in [2.75, 3.05) is 0 Å². The highest BCUT2D eigenvalue weighted by molar-refractivity contribution is 5.17. The lowest BCUT2D eigenvalue weighted by atomic mass is 9.73. The van der Waals surface area contributed by atoms with Crippen molar-refractivity contribution < 1.29 is 4.74 Å². The van der Waals surface area contributed by atoms with Crippen LogP contribution >= 0.6 is 0 Å². The normalized spacial score (nSPS) is 49.8. The SMILES string of the molecule is C=C[C@@]1(C)CC[C@]2(C=CC[C@H](C)[C@H]2C)O1. The summed E-state index contributed by atoms with van der Waals surface area (Å²) in [6.45, 7) is 10.7. The van der Waals surface area contributed by atoms with Gasteiger partial charge in [0.1, 0.15) is 0 Å². The molecule has 0 bridgehead atoms. The van der Waals surface area contributed by atoms with Crippen molar-refractivity contribution in [3.05, 3.63) is 24.8 Å². The number of hydrogen-bond donors (Lipinski definition) is 0. The van der Waals surface area contributed by atoms with Crippen LogP contribution in [0.5, 0.6) is 0 Å². The van der Waals surface area contributed by atoms with E-state index in [0.717, 1.165) is 18.8 Å². The topological polar surface area (TPSA) is 9.23 Å². The summed E-state index contributed by atoms with van der Waals surface area (Å²) in [5, 5.41) is 0. The minimum Gasteiger partial charge on any atom is -0.360 e. The van der Waals surface area contributed by atoms with E-state index in [1.807, 2.05) is 6.08 Å². The third-order valence-electron chi connectivity index (χ3n) is 4.40. The van der Waals surface area contributed by atoms with Gasteiger partial charge in [-0.25, -0.2) is 0 Å². The van der Waals surface area contributed by atoms with Gasteiger partial charge >= 0.3 is 0 Å². The van der Waals surface area contributed by atoms with E-state index >= 15 is 0 Å². The zero-order valence-corrected chi connectivity index (χ0v) is 10.1. The van der Waals surface area contributed by atoms with Gasteiger partial charge in [0.05, 0.1) is 11.2 Å². The van der Waals surface area contributed by atoms with E-state index in [9.17, 15) is 0 Å². The summed E-state index contributed by atoms with van der Waals surface area (Å²) in [5.41, 5.74) is -0.129. The zero-order valence-electron chi connectivity index (χ0n) is 10.1. The Labute approximate surface area is 93.2 Å². The maximum absolute atomic E-state index is 6.30. The Bertz CT molecular complexity index is 294. The molecule has 1 aliphatic heterocycles. The lowest BCUT2D eigenvalue weighted by Gasteiger charge is -2.40. The van der Waals surface area contributed by atoms with Gasteiger partial charge in [0, 0.05) is 0 Å². The van der Waals surface area contributed by atoms with Crippen LogP contribution in [0.25, 0.3) is 0 Å². The lowest BCUT2D eigenvalue weighted by molar-refractivity contribution is -0.0848. The molecule has 1 heterocycles. The molecule has 0 radical (unpaired) electrons. The summed E-state index contributed by atoms with van der Waals surface area (Å²) in [5.74, 6) is 1.34. The summed E-state index contributed by atoms with van der Waals surface area (Å²) in [6.07, 6.45) is 9.97. The molecular formula is C14H22O. The Morgan fingerprint density at radius 1 is 1.40 bits per heavy atom. The Morgan fingerprint density at radius 2 is 2.13 bits per heavy atom. The van der Waals surface area contributed by atoms with Gasteiger partial charge in [-0.05, 0) is 38.0 Å². The predicted molar refractivity (Wildman–Crippen MR) is 63.7 cm³/mol. The second-order valence-electron chi connectivity index (χ2n) is 5.48. The standard InChI is InChI=1S/C14H22O/c1-5-13(4)9-10-14(15-13)8-6-7-11(2)12(14)3/h5-6,8,11-12H,1,7,9-10H2,2-4H3/t11-,12+,13-,14-/m0/s1. The highest BCUT2D eigenvalue weighted by Crippen LogP contribution is 2.48. The molecule has 0 aromatic carbocycles. The van der Waals surface area contributed by atoms with Crippen LogP contribution in [0.3, 0.4) is 0 Å². The summed E-state index contributed by atoms with van der Waals surface area (Å²) in [4.78, 5) is 0. The quantitative estimate of drug-likeness (QED) is 0.594. The first kappa shape index (κ1) is 10.9. The van der Waals surface area contributed by atoms with Crippen LogP contribution in [0, 0.1) is 11.8 Å². The monoisotopic (exact) mass is 206 g/mol. The first-order chi connectivity index (χ1) is 7.01. The summed E-state index contributed by atoms with van der Waals surface area (Å²) < 4.78 is 6.30. The van der Waals surface area contributed by atoms with E-state index in [1.54, 1.807) is 0 Å². The van der Waals surface area contributed by atoms with Crippen LogP contribution < -0.4 is 0 Å². The Hall–Kier alpha value is -0.560. The maximum Gasteiger partial charge on any atom is 0.0903 e. The van der Waals surface area contributed by atoms with Crippen molar-refractivity contribution in [1.82, 2.24) is 0 Å². The van der Waals surface area contributed by atoms with Crippen molar-refractivity contribution in [2.45, 2.75) is 51.2 Å². The Morgan fingerprint density at radius 3 is 2.73 bits per heavy atom. The molecule has 0 aromatic heterocycles. The lowest BCUT2D eigenvalue weighted by Crippen LogP contribution is -2.41. The van der Waals surface area contributed by atoms with E-state index < -0.39 is 0 Å². The first-order valence-corrected chi connectivity index (χ1v) is 6.03. The molecule has 1 spiro atoms. The van der Waals surface area contributed by atoms with E-state index in [-0.39, 0.29) is 11.2 Å². The molecule has 15 heavy (non-hydrogen) atoms. The van der Waals surface area contributed by atoms with Crippen molar-refractivity contribution in [1.29, 1.82) is 0 Å². The summed E-state index contributed by atoms with van der Waals surface area (Å²) >= 11 is 0. The van der Waals surface area contributed by atoms with Gasteiger partial charge in [-0.15, -0.1) is 6.58 Å². The van der Waals surface area contributed by atoms with Crippen LogP contribution in [0.2, 0.25) is 0 Å². The smallest absolute Gasteiger partial charge is 0.0903 e. The highest BCUT2D eigenvalue weighted by Gasteiger charge is 2.49. The highest BCUT2D eigenvalue weighted by atomic mass is 16.5. The van der Waals surface area contributed by atoms with Gasteiger partial charge in [0.25, 0.3) is 0 Å². The average molecular weight is 206 g/mol. The van der Waals surface area contributed by atoms with E-state index in [2.05, 4.69) is 39.5 Å². The van der Waals surface area contributed by atoms with Crippen molar-refractivity contribution in [2.24, 2.45) is 11.8 Å².